The Hall–Kier alpha value is -2.92. The van der Waals surface area contributed by atoms with Crippen LogP contribution in [0, 0.1) is 18.8 Å². The lowest BCUT2D eigenvalue weighted by Gasteiger charge is -2.39. The molecule has 0 amide bonds. The minimum atomic E-state index is -0.675. The minimum absolute atomic E-state index is 0.275. The summed E-state index contributed by atoms with van der Waals surface area (Å²) >= 11 is 0. The van der Waals surface area contributed by atoms with Crippen LogP contribution in [-0.4, -0.2) is 47.7 Å². The molecule has 0 spiro atoms. The van der Waals surface area contributed by atoms with Gasteiger partial charge in [0, 0.05) is 24.5 Å². The normalized spacial score (nSPS) is 18.2. The molecule has 0 aliphatic carbocycles. The number of nitrogens with zero attached hydrogens (tertiary/aromatic N) is 2. The van der Waals surface area contributed by atoms with E-state index in [0.717, 1.165) is 63.0 Å². The molecule has 5 heteroatoms. The summed E-state index contributed by atoms with van der Waals surface area (Å²) in [7, 11) is 1.70. The molecule has 198 valence electrons. The van der Waals surface area contributed by atoms with Crippen LogP contribution in [0.25, 0.3) is 10.9 Å². The number of rotatable bonds is 13. The van der Waals surface area contributed by atoms with Gasteiger partial charge in [0.1, 0.15) is 5.75 Å². The molecule has 0 radical (unpaired) electrons. The van der Waals surface area contributed by atoms with E-state index >= 15 is 0 Å². The van der Waals surface area contributed by atoms with Gasteiger partial charge in [-0.15, -0.1) is 0 Å². The summed E-state index contributed by atoms with van der Waals surface area (Å²) < 4.78 is 5.43. The molecule has 37 heavy (non-hydrogen) atoms. The van der Waals surface area contributed by atoms with Gasteiger partial charge in [-0.2, -0.15) is 0 Å². The van der Waals surface area contributed by atoms with Crippen LogP contribution in [0.2, 0.25) is 0 Å². The average Bonchev–Trinajstić information content (AvgIpc) is 2.91. The van der Waals surface area contributed by atoms with Crippen molar-refractivity contribution in [2.24, 2.45) is 11.8 Å². The Bertz CT molecular complexity index is 1140. The van der Waals surface area contributed by atoms with Crippen LogP contribution in [-0.2, 0) is 17.6 Å². The SMILES string of the molecule is COc1ccc2nccc(CCC[C@@H]3CCN(CCCCc4ccc(C)cc4)C[C@@H]3CCC(=O)O)c2c1. The molecule has 0 bridgehead atoms. The third kappa shape index (κ3) is 8.03. The number of carbonyl (C=O) groups is 1. The van der Waals surface area contributed by atoms with Crippen LogP contribution in [0.1, 0.15) is 61.6 Å². The van der Waals surface area contributed by atoms with Crippen molar-refractivity contribution in [2.45, 2.75) is 64.7 Å². The maximum Gasteiger partial charge on any atom is 0.303 e. The molecule has 1 fully saturated rings. The van der Waals surface area contributed by atoms with Gasteiger partial charge >= 0.3 is 5.97 Å². The highest BCUT2D eigenvalue weighted by molar-refractivity contribution is 5.83. The fourth-order valence-electron chi connectivity index (χ4n) is 5.88. The lowest BCUT2D eigenvalue weighted by molar-refractivity contribution is -0.137. The zero-order chi connectivity index (χ0) is 26.0. The summed E-state index contributed by atoms with van der Waals surface area (Å²) in [6.07, 6.45) is 10.9. The largest absolute Gasteiger partial charge is 0.497 e. The van der Waals surface area contributed by atoms with Crippen molar-refractivity contribution in [3.05, 3.63) is 71.4 Å². The Morgan fingerprint density at radius 2 is 1.86 bits per heavy atom. The first-order valence-electron chi connectivity index (χ1n) is 13.9. The number of aryl methyl sites for hydroxylation is 3. The maximum absolute atomic E-state index is 11.3. The number of hydrogen-bond donors (Lipinski definition) is 1. The molecular formula is C32H42N2O3. The number of ether oxygens (including phenoxy) is 1. The number of carboxylic acids is 1. The second-order valence-electron chi connectivity index (χ2n) is 10.7. The van der Waals surface area contributed by atoms with Gasteiger partial charge in [0.25, 0.3) is 0 Å². The number of piperidine rings is 1. The van der Waals surface area contributed by atoms with Crippen molar-refractivity contribution in [3.8, 4) is 5.75 Å². The molecule has 1 aromatic heterocycles. The number of benzene rings is 2. The predicted octanol–water partition coefficient (Wildman–Crippen LogP) is 6.70. The van der Waals surface area contributed by atoms with Gasteiger partial charge in [-0.25, -0.2) is 0 Å². The molecule has 1 aliphatic heterocycles. The van der Waals surface area contributed by atoms with Gasteiger partial charge < -0.3 is 14.7 Å². The fourth-order valence-corrected chi connectivity index (χ4v) is 5.88. The van der Waals surface area contributed by atoms with Gasteiger partial charge in [-0.05, 0) is 119 Å². The van der Waals surface area contributed by atoms with E-state index in [0.29, 0.717) is 11.8 Å². The molecule has 2 aromatic carbocycles. The molecule has 2 atom stereocenters. The number of carboxylic acid groups (broad SMARTS) is 1. The number of aliphatic carboxylic acids is 1. The Morgan fingerprint density at radius 1 is 1.03 bits per heavy atom. The minimum Gasteiger partial charge on any atom is -0.497 e. The van der Waals surface area contributed by atoms with E-state index in [1.54, 1.807) is 7.11 Å². The lowest BCUT2D eigenvalue weighted by Crippen LogP contribution is -2.41. The smallest absolute Gasteiger partial charge is 0.303 e. The lowest BCUT2D eigenvalue weighted by atomic mass is 9.79. The predicted molar refractivity (Wildman–Crippen MR) is 150 cm³/mol. The van der Waals surface area contributed by atoms with E-state index in [1.165, 1.54) is 41.3 Å². The third-order valence-electron chi connectivity index (χ3n) is 8.07. The van der Waals surface area contributed by atoms with Gasteiger partial charge in [0.15, 0.2) is 0 Å². The van der Waals surface area contributed by atoms with E-state index in [-0.39, 0.29) is 6.42 Å². The van der Waals surface area contributed by atoms with Gasteiger partial charge in [-0.3, -0.25) is 9.78 Å². The van der Waals surface area contributed by atoms with Crippen LogP contribution in [0.5, 0.6) is 5.75 Å². The summed E-state index contributed by atoms with van der Waals surface area (Å²) in [5.74, 6) is 1.26. The quantitative estimate of drug-likeness (QED) is 0.264. The highest BCUT2D eigenvalue weighted by Crippen LogP contribution is 2.32. The first-order valence-corrected chi connectivity index (χ1v) is 13.9. The van der Waals surface area contributed by atoms with Crippen LogP contribution in [0.4, 0.5) is 0 Å². The second-order valence-corrected chi connectivity index (χ2v) is 10.7. The van der Waals surface area contributed by atoms with E-state index < -0.39 is 5.97 Å². The topological polar surface area (TPSA) is 62.7 Å². The molecule has 4 rings (SSSR count). The highest BCUT2D eigenvalue weighted by Gasteiger charge is 2.29. The summed E-state index contributed by atoms with van der Waals surface area (Å²) in [6, 6.07) is 17.1. The first-order chi connectivity index (χ1) is 18.0. The zero-order valence-corrected chi connectivity index (χ0v) is 22.5. The monoisotopic (exact) mass is 502 g/mol. The van der Waals surface area contributed by atoms with Gasteiger partial charge in [0.05, 0.1) is 12.6 Å². The van der Waals surface area contributed by atoms with Gasteiger partial charge in [-0.1, -0.05) is 29.8 Å². The zero-order valence-electron chi connectivity index (χ0n) is 22.5. The maximum atomic E-state index is 11.3. The third-order valence-corrected chi connectivity index (χ3v) is 8.07. The van der Waals surface area contributed by atoms with E-state index in [4.69, 9.17) is 4.74 Å². The Labute approximate surface area is 221 Å². The number of unbranched alkanes of at least 4 members (excludes halogenated alkanes) is 1. The van der Waals surface area contributed by atoms with E-state index in [1.807, 2.05) is 18.3 Å². The Morgan fingerprint density at radius 3 is 2.65 bits per heavy atom. The van der Waals surface area contributed by atoms with E-state index in [9.17, 15) is 9.90 Å². The molecular weight excluding hydrogens is 460 g/mol. The average molecular weight is 503 g/mol. The van der Waals surface area contributed by atoms with Crippen molar-refractivity contribution < 1.29 is 14.6 Å². The number of pyridine rings is 1. The number of aromatic nitrogens is 1. The molecule has 1 aliphatic rings. The number of hydrogen-bond acceptors (Lipinski definition) is 4. The van der Waals surface area contributed by atoms with Crippen molar-refractivity contribution in [1.82, 2.24) is 9.88 Å². The highest BCUT2D eigenvalue weighted by atomic mass is 16.5. The Kier molecular flexibility index (Phi) is 9.95. The van der Waals surface area contributed by atoms with Crippen LogP contribution in [0.15, 0.2) is 54.7 Å². The van der Waals surface area contributed by atoms with Crippen molar-refractivity contribution >= 4 is 16.9 Å². The molecule has 3 aromatic rings. The fraction of sp³-hybridized carbons (Fsp3) is 0.500. The summed E-state index contributed by atoms with van der Waals surface area (Å²) in [6.45, 7) is 5.42. The van der Waals surface area contributed by atoms with E-state index in [2.05, 4.69) is 53.2 Å². The van der Waals surface area contributed by atoms with Crippen molar-refractivity contribution in [2.75, 3.05) is 26.7 Å². The van der Waals surface area contributed by atoms with Gasteiger partial charge in [0.2, 0.25) is 0 Å². The number of likely N-dealkylation sites (tertiary alicyclic amines) is 1. The molecule has 1 saturated heterocycles. The summed E-state index contributed by atoms with van der Waals surface area (Å²) in [4.78, 5) is 18.4. The molecule has 0 unspecified atom stereocenters. The van der Waals surface area contributed by atoms with Crippen LogP contribution >= 0.6 is 0 Å². The summed E-state index contributed by atoms with van der Waals surface area (Å²) in [5, 5.41) is 10.5. The molecule has 0 saturated carbocycles. The van der Waals surface area contributed by atoms with Crippen molar-refractivity contribution in [1.29, 1.82) is 0 Å². The van der Waals surface area contributed by atoms with Crippen LogP contribution in [0.3, 0.4) is 0 Å². The molecule has 5 nitrogen and oxygen atoms in total. The first kappa shape index (κ1) is 27.1. The summed E-state index contributed by atoms with van der Waals surface area (Å²) in [5.41, 5.74) is 5.06. The Balaban J connectivity index is 1.28. The number of methoxy groups -OCH3 is 1. The second kappa shape index (κ2) is 13.6. The van der Waals surface area contributed by atoms with Crippen LogP contribution < -0.4 is 4.74 Å². The molecule has 1 N–H and O–H groups in total. The van der Waals surface area contributed by atoms with Crippen molar-refractivity contribution in [3.63, 3.8) is 0 Å². The number of fused-ring (bicyclic) bond motifs is 1. The molecule has 2 heterocycles. The standard InChI is InChI=1S/C32H42N2O3/c1-24-9-11-25(12-10-24)6-3-4-20-34-21-18-26(28(23-34)13-16-32(35)36)7-5-8-27-17-19-33-31-15-14-29(37-2)22-30(27)31/h9-12,14-15,17,19,22,26,28H,3-8,13,16,18,20-21,23H2,1-2H3,(H,35,36)/t26-,28+/m1/s1.